The Bertz CT molecular complexity index is 1890. The van der Waals surface area contributed by atoms with Crippen molar-refractivity contribution in [2.24, 2.45) is 0 Å². The molecule has 0 bridgehead atoms. The molecule has 0 saturated heterocycles. The summed E-state index contributed by atoms with van der Waals surface area (Å²) in [7, 11) is 0. The van der Waals surface area contributed by atoms with Gasteiger partial charge in [0.1, 0.15) is 17.3 Å². The maximum Gasteiger partial charge on any atom is 0.137 e. The minimum atomic E-state index is -0.00796. The molecule has 0 unspecified atom stereocenters. The van der Waals surface area contributed by atoms with E-state index in [-0.39, 0.29) is 5.41 Å². The molecule has 0 atom stereocenters. The van der Waals surface area contributed by atoms with Crippen LogP contribution in [0.1, 0.15) is 37.6 Å². The zero-order valence-corrected chi connectivity index (χ0v) is 23.6. The van der Waals surface area contributed by atoms with Crippen LogP contribution in [0, 0.1) is 0 Å². The molecule has 0 aliphatic rings. The Balaban J connectivity index is 1.38. The number of fused-ring (bicyclic) bond motifs is 1. The topological polar surface area (TPSA) is 44.9 Å². The van der Waals surface area contributed by atoms with Gasteiger partial charge in [-0.3, -0.25) is 4.57 Å². The third kappa shape index (κ3) is 4.98. The third-order valence-corrected chi connectivity index (χ3v) is 7.26. The minimum absolute atomic E-state index is 0.00796. The van der Waals surface area contributed by atoms with Crippen molar-refractivity contribution < 1.29 is 4.74 Å². The van der Waals surface area contributed by atoms with Crippen molar-refractivity contribution in [3.63, 3.8) is 0 Å². The van der Waals surface area contributed by atoms with Gasteiger partial charge in [-0.05, 0) is 59.0 Å². The second-order valence-corrected chi connectivity index (χ2v) is 11.0. The predicted octanol–water partition coefficient (Wildman–Crippen LogP) is 9.25. The van der Waals surface area contributed by atoms with Gasteiger partial charge in [0.25, 0.3) is 0 Å². The Kier molecular flexibility index (Phi) is 6.64. The summed E-state index contributed by atoms with van der Waals surface area (Å²) in [5.41, 5.74) is 7.23. The number of benzene rings is 3. The van der Waals surface area contributed by atoms with E-state index in [9.17, 15) is 0 Å². The van der Waals surface area contributed by atoms with Crippen molar-refractivity contribution >= 4 is 23.1 Å². The maximum atomic E-state index is 6.40. The smallest absolute Gasteiger partial charge is 0.137 e. The van der Waals surface area contributed by atoms with E-state index in [1.165, 1.54) is 5.56 Å². The van der Waals surface area contributed by atoms with Gasteiger partial charge in [0.15, 0.2) is 0 Å². The summed E-state index contributed by atoms with van der Waals surface area (Å²) in [6.07, 6.45) is 9.51. The number of pyridine rings is 1. The van der Waals surface area contributed by atoms with Crippen molar-refractivity contribution in [3.8, 4) is 34.1 Å². The van der Waals surface area contributed by atoms with Gasteiger partial charge in [0, 0.05) is 41.0 Å². The molecule has 5 heteroatoms. The van der Waals surface area contributed by atoms with E-state index in [1.54, 1.807) is 0 Å². The first-order valence-electron chi connectivity index (χ1n) is 13.6. The van der Waals surface area contributed by atoms with Crippen LogP contribution in [0.5, 0.6) is 11.5 Å². The fraction of sp³-hybridized carbons (Fsp3) is 0.111. The van der Waals surface area contributed by atoms with E-state index in [2.05, 4.69) is 80.0 Å². The highest BCUT2D eigenvalue weighted by atomic mass is 16.5. The molecule has 0 fully saturated rings. The van der Waals surface area contributed by atoms with E-state index in [0.717, 1.165) is 56.3 Å². The summed E-state index contributed by atoms with van der Waals surface area (Å²) >= 11 is 0. The number of ether oxygens (including phenoxy) is 1. The Labute approximate surface area is 240 Å². The Morgan fingerprint density at radius 1 is 0.805 bits per heavy atom. The molecule has 3 aromatic carbocycles. The van der Waals surface area contributed by atoms with Gasteiger partial charge in [0.2, 0.25) is 0 Å². The summed E-state index contributed by atoms with van der Waals surface area (Å²) in [6, 6.07) is 28.5. The van der Waals surface area contributed by atoms with E-state index < -0.39 is 0 Å². The monoisotopic (exact) mass is 536 g/mol. The second kappa shape index (κ2) is 10.4. The van der Waals surface area contributed by atoms with Gasteiger partial charge in [-0.1, -0.05) is 76.4 Å². The van der Waals surface area contributed by atoms with E-state index in [0.29, 0.717) is 0 Å². The van der Waals surface area contributed by atoms with Crippen molar-refractivity contribution in [2.75, 3.05) is 0 Å². The first-order chi connectivity index (χ1) is 19.9. The number of aromatic nitrogens is 4. The van der Waals surface area contributed by atoms with Crippen molar-refractivity contribution in [1.82, 2.24) is 19.3 Å². The molecule has 3 aromatic heterocycles. The molecule has 0 saturated carbocycles. The van der Waals surface area contributed by atoms with Crippen LogP contribution in [-0.4, -0.2) is 19.3 Å². The highest BCUT2D eigenvalue weighted by Crippen LogP contribution is 2.35. The van der Waals surface area contributed by atoms with Crippen molar-refractivity contribution in [3.05, 3.63) is 133 Å². The normalized spacial score (nSPS) is 11.5. The molecule has 5 nitrogen and oxygen atoms in total. The lowest BCUT2D eigenvalue weighted by Gasteiger charge is -2.20. The van der Waals surface area contributed by atoms with Gasteiger partial charge < -0.3 is 4.74 Å². The minimum Gasteiger partial charge on any atom is -0.457 e. The van der Waals surface area contributed by atoms with Gasteiger partial charge in [-0.2, -0.15) is 5.10 Å². The molecule has 6 aromatic rings. The van der Waals surface area contributed by atoms with Crippen LogP contribution in [-0.2, 0) is 5.41 Å². The first kappa shape index (κ1) is 26.1. The average molecular weight is 537 g/mol. The van der Waals surface area contributed by atoms with Gasteiger partial charge in [-0.25, -0.2) is 9.67 Å². The molecule has 0 N–H and O–H groups in total. The summed E-state index contributed by atoms with van der Waals surface area (Å²) in [5.74, 6) is 2.27. The van der Waals surface area contributed by atoms with Crippen LogP contribution in [0.15, 0.2) is 117 Å². The number of hydrogen-bond acceptors (Lipinski definition) is 3. The number of rotatable bonds is 7. The van der Waals surface area contributed by atoms with Gasteiger partial charge in [-0.15, -0.1) is 0 Å². The van der Waals surface area contributed by atoms with Crippen molar-refractivity contribution in [1.29, 1.82) is 0 Å². The molecule has 0 radical (unpaired) electrons. The van der Waals surface area contributed by atoms with Crippen molar-refractivity contribution in [2.45, 2.75) is 26.2 Å². The highest BCUT2D eigenvalue weighted by Gasteiger charge is 2.19. The summed E-state index contributed by atoms with van der Waals surface area (Å²) in [6.45, 7) is 14.8. The molecule has 41 heavy (non-hydrogen) atoms. The molecular weight excluding hydrogens is 504 g/mol. The fourth-order valence-corrected chi connectivity index (χ4v) is 5.11. The first-order valence-corrected chi connectivity index (χ1v) is 13.6. The molecular formula is C36H32N4O. The summed E-state index contributed by atoms with van der Waals surface area (Å²) < 4.78 is 10.4. The Hall–Kier alpha value is -5.16. The standard InChI is InChI=1S/C36H32N4O/c1-6-31-32-17-16-30(22-34(32)40(33(31)7-2)35-20-27(18-19-37-35)36(3,4)5)41-29-15-11-14-28(21-29)39-24-26(23-38-39)25-12-9-8-10-13-25/h6-24H,1-2H2,3-5H3. The number of hydrogen-bond donors (Lipinski definition) is 0. The second-order valence-electron chi connectivity index (χ2n) is 11.0. The average Bonchev–Trinajstić information content (AvgIpc) is 3.60. The number of nitrogens with zero attached hydrogens (tertiary/aromatic N) is 4. The molecule has 3 heterocycles. The highest BCUT2D eigenvalue weighted by molar-refractivity contribution is 5.95. The lowest BCUT2D eigenvalue weighted by molar-refractivity contribution is 0.483. The van der Waals surface area contributed by atoms with Crippen LogP contribution in [0.4, 0.5) is 0 Å². The molecule has 0 aliphatic heterocycles. The van der Waals surface area contributed by atoms with E-state index >= 15 is 0 Å². The lowest BCUT2D eigenvalue weighted by Crippen LogP contribution is -2.12. The van der Waals surface area contributed by atoms with Crippen LogP contribution in [0.2, 0.25) is 0 Å². The summed E-state index contributed by atoms with van der Waals surface area (Å²) in [5, 5.41) is 5.64. The molecule has 6 rings (SSSR count). The zero-order valence-electron chi connectivity index (χ0n) is 23.6. The largest absolute Gasteiger partial charge is 0.457 e. The van der Waals surface area contributed by atoms with Gasteiger partial charge in [0.05, 0.1) is 23.1 Å². The van der Waals surface area contributed by atoms with Crippen LogP contribution in [0.25, 0.3) is 45.7 Å². The van der Waals surface area contributed by atoms with Crippen LogP contribution < -0.4 is 4.74 Å². The molecule has 0 spiro atoms. The summed E-state index contributed by atoms with van der Waals surface area (Å²) in [4.78, 5) is 4.74. The van der Waals surface area contributed by atoms with Crippen LogP contribution >= 0.6 is 0 Å². The lowest BCUT2D eigenvalue weighted by atomic mass is 9.88. The zero-order chi connectivity index (χ0) is 28.6. The maximum absolute atomic E-state index is 6.40. The third-order valence-electron chi connectivity index (χ3n) is 7.26. The SMILES string of the molecule is C=Cc1c(C=C)n(-c2cc(C(C)(C)C)ccn2)c2cc(Oc3cccc(-n4cc(-c5ccccc5)cn4)c3)ccc12. The Morgan fingerprint density at radius 2 is 1.61 bits per heavy atom. The Morgan fingerprint density at radius 3 is 2.37 bits per heavy atom. The fourth-order valence-electron chi connectivity index (χ4n) is 5.11. The molecule has 202 valence electrons. The van der Waals surface area contributed by atoms with Gasteiger partial charge >= 0.3 is 0 Å². The van der Waals surface area contributed by atoms with Crippen LogP contribution in [0.3, 0.4) is 0 Å². The molecule has 0 aliphatic carbocycles. The quantitative estimate of drug-likeness (QED) is 0.204. The predicted molar refractivity (Wildman–Crippen MR) is 169 cm³/mol. The van der Waals surface area contributed by atoms with E-state index in [4.69, 9.17) is 9.72 Å². The molecule has 0 amide bonds. The van der Waals surface area contributed by atoms with E-state index in [1.807, 2.05) is 84.0 Å².